The Labute approximate surface area is 103 Å². The van der Waals surface area contributed by atoms with Gasteiger partial charge in [-0.25, -0.2) is 0 Å². The van der Waals surface area contributed by atoms with Crippen molar-refractivity contribution < 1.29 is 5.11 Å². The van der Waals surface area contributed by atoms with Gasteiger partial charge in [0.05, 0.1) is 0 Å². The first-order chi connectivity index (χ1) is 7.59. The fraction of sp³-hybridized carbons (Fsp3) is 0.538. The lowest BCUT2D eigenvalue weighted by Crippen LogP contribution is -2.42. The summed E-state index contributed by atoms with van der Waals surface area (Å²) in [4.78, 5) is 0. The van der Waals surface area contributed by atoms with Gasteiger partial charge >= 0.3 is 0 Å². The quantitative estimate of drug-likeness (QED) is 0.803. The molecule has 0 aromatic heterocycles. The minimum atomic E-state index is -0.00291. The Hall–Kier alpha value is -0.570. The van der Waals surface area contributed by atoms with E-state index in [2.05, 4.69) is 19.2 Å². The van der Waals surface area contributed by atoms with Gasteiger partial charge in [-0.1, -0.05) is 30.7 Å². The van der Waals surface area contributed by atoms with Gasteiger partial charge in [-0.2, -0.15) is 0 Å². The third-order valence-electron chi connectivity index (χ3n) is 3.05. The Balaban J connectivity index is 2.55. The average Bonchev–Trinajstić information content (AvgIpc) is 2.27. The Bertz CT molecular complexity index is 329. The van der Waals surface area contributed by atoms with Crippen molar-refractivity contribution in [1.29, 1.82) is 0 Å². The molecular weight excluding hydrogens is 222 g/mol. The van der Waals surface area contributed by atoms with Gasteiger partial charge in [-0.05, 0) is 37.5 Å². The van der Waals surface area contributed by atoms with Crippen molar-refractivity contribution in [3.63, 3.8) is 0 Å². The smallest absolute Gasteiger partial charge is 0.0448 e. The molecular formula is C13H20ClNO. The monoisotopic (exact) mass is 241 g/mol. The number of hydrogen-bond acceptors (Lipinski definition) is 2. The van der Waals surface area contributed by atoms with Crippen molar-refractivity contribution in [3.05, 3.63) is 34.9 Å². The number of rotatable bonds is 6. The molecule has 1 aromatic rings. The highest BCUT2D eigenvalue weighted by Gasteiger charge is 2.19. The fourth-order valence-corrected chi connectivity index (χ4v) is 1.81. The molecule has 0 fully saturated rings. The molecule has 90 valence electrons. The molecule has 1 atom stereocenters. The number of nitrogens with one attached hydrogen (secondary N) is 1. The maximum atomic E-state index is 9.01. The van der Waals surface area contributed by atoms with Crippen LogP contribution in [0, 0.1) is 0 Å². The molecule has 1 aromatic carbocycles. The maximum absolute atomic E-state index is 9.01. The number of benzene rings is 1. The Morgan fingerprint density at radius 3 is 2.75 bits per heavy atom. The zero-order valence-corrected chi connectivity index (χ0v) is 10.7. The van der Waals surface area contributed by atoms with Gasteiger partial charge in [-0.15, -0.1) is 0 Å². The summed E-state index contributed by atoms with van der Waals surface area (Å²) >= 11 is 5.92. The molecule has 1 unspecified atom stereocenters. The van der Waals surface area contributed by atoms with Crippen LogP contribution < -0.4 is 5.32 Å². The van der Waals surface area contributed by atoms with Gasteiger partial charge in [0.15, 0.2) is 0 Å². The second kappa shape index (κ2) is 6.24. The highest BCUT2D eigenvalue weighted by atomic mass is 35.5. The average molecular weight is 242 g/mol. The van der Waals surface area contributed by atoms with Crippen LogP contribution >= 0.6 is 11.6 Å². The van der Waals surface area contributed by atoms with Crippen molar-refractivity contribution >= 4 is 11.6 Å². The molecule has 16 heavy (non-hydrogen) atoms. The van der Waals surface area contributed by atoms with Gasteiger partial charge in [-0.3, -0.25) is 0 Å². The Morgan fingerprint density at radius 2 is 2.19 bits per heavy atom. The first-order valence-electron chi connectivity index (χ1n) is 5.70. The van der Waals surface area contributed by atoms with Gasteiger partial charge in [0.25, 0.3) is 0 Å². The summed E-state index contributed by atoms with van der Waals surface area (Å²) in [5.41, 5.74) is 1.17. The molecule has 0 aliphatic carbocycles. The van der Waals surface area contributed by atoms with E-state index in [9.17, 15) is 0 Å². The second-order valence-electron chi connectivity index (χ2n) is 4.37. The van der Waals surface area contributed by atoms with Crippen molar-refractivity contribution in [2.75, 3.05) is 6.61 Å². The molecule has 0 saturated carbocycles. The molecule has 0 amide bonds. The molecule has 1 rings (SSSR count). The predicted molar refractivity (Wildman–Crippen MR) is 68.7 cm³/mol. The molecule has 0 aliphatic rings. The number of aliphatic hydroxyl groups is 1. The van der Waals surface area contributed by atoms with E-state index in [1.807, 2.05) is 24.3 Å². The van der Waals surface area contributed by atoms with E-state index in [1.165, 1.54) is 5.56 Å². The fourth-order valence-electron chi connectivity index (χ4n) is 1.60. The molecule has 0 bridgehead atoms. The van der Waals surface area contributed by atoms with E-state index < -0.39 is 0 Å². The van der Waals surface area contributed by atoms with E-state index >= 15 is 0 Å². The van der Waals surface area contributed by atoms with Crippen LogP contribution in [0.15, 0.2) is 24.3 Å². The SMILES string of the molecule is CCC(C)(CCO)NCc1cccc(Cl)c1. The predicted octanol–water partition coefficient (Wildman–Crippen LogP) is 2.98. The van der Waals surface area contributed by atoms with Gasteiger partial charge in [0.2, 0.25) is 0 Å². The number of aliphatic hydroxyl groups excluding tert-OH is 1. The van der Waals surface area contributed by atoms with E-state index in [0.717, 1.165) is 24.4 Å². The molecule has 3 heteroatoms. The van der Waals surface area contributed by atoms with Gasteiger partial charge in [0.1, 0.15) is 0 Å². The van der Waals surface area contributed by atoms with Crippen LogP contribution in [0.1, 0.15) is 32.3 Å². The lowest BCUT2D eigenvalue weighted by Gasteiger charge is -2.29. The standard InChI is InChI=1S/C13H20ClNO/c1-3-13(2,7-8-16)15-10-11-5-4-6-12(14)9-11/h4-6,9,15-16H,3,7-8,10H2,1-2H3. The van der Waals surface area contributed by atoms with Gasteiger partial charge < -0.3 is 10.4 Å². The van der Waals surface area contributed by atoms with Gasteiger partial charge in [0, 0.05) is 23.7 Å². The summed E-state index contributed by atoms with van der Waals surface area (Å²) in [7, 11) is 0. The molecule has 0 heterocycles. The zero-order valence-electron chi connectivity index (χ0n) is 9.96. The first-order valence-corrected chi connectivity index (χ1v) is 6.08. The summed E-state index contributed by atoms with van der Waals surface area (Å²) in [5.74, 6) is 0. The minimum Gasteiger partial charge on any atom is -0.396 e. The Kier molecular flexibility index (Phi) is 5.26. The molecule has 0 radical (unpaired) electrons. The van der Waals surface area contributed by atoms with E-state index in [1.54, 1.807) is 0 Å². The topological polar surface area (TPSA) is 32.3 Å². The molecule has 2 N–H and O–H groups in total. The van der Waals surface area contributed by atoms with Crippen LogP contribution in [-0.4, -0.2) is 17.3 Å². The van der Waals surface area contributed by atoms with Crippen LogP contribution in [0.4, 0.5) is 0 Å². The van der Waals surface area contributed by atoms with Crippen molar-refractivity contribution in [3.8, 4) is 0 Å². The summed E-state index contributed by atoms with van der Waals surface area (Å²) in [6.07, 6.45) is 1.76. The summed E-state index contributed by atoms with van der Waals surface area (Å²) < 4.78 is 0. The lowest BCUT2D eigenvalue weighted by atomic mass is 9.94. The summed E-state index contributed by atoms with van der Waals surface area (Å²) in [5, 5.41) is 13.2. The molecule has 0 spiro atoms. The highest BCUT2D eigenvalue weighted by molar-refractivity contribution is 6.30. The normalized spacial score (nSPS) is 14.8. The van der Waals surface area contributed by atoms with E-state index in [-0.39, 0.29) is 12.1 Å². The van der Waals surface area contributed by atoms with E-state index in [0.29, 0.717) is 0 Å². The molecule has 2 nitrogen and oxygen atoms in total. The third-order valence-corrected chi connectivity index (χ3v) is 3.29. The van der Waals surface area contributed by atoms with Crippen molar-refractivity contribution in [1.82, 2.24) is 5.32 Å². The molecule has 0 aliphatic heterocycles. The zero-order chi connectivity index (χ0) is 12.0. The van der Waals surface area contributed by atoms with Crippen LogP contribution in [0.25, 0.3) is 0 Å². The highest BCUT2D eigenvalue weighted by Crippen LogP contribution is 2.16. The summed E-state index contributed by atoms with van der Waals surface area (Å²) in [6, 6.07) is 7.84. The third kappa shape index (κ3) is 4.12. The van der Waals surface area contributed by atoms with Crippen LogP contribution in [0.2, 0.25) is 5.02 Å². The van der Waals surface area contributed by atoms with E-state index in [4.69, 9.17) is 16.7 Å². The largest absolute Gasteiger partial charge is 0.396 e. The Morgan fingerprint density at radius 1 is 1.44 bits per heavy atom. The molecule has 0 saturated heterocycles. The lowest BCUT2D eigenvalue weighted by molar-refractivity contribution is 0.214. The number of halogens is 1. The number of hydrogen-bond donors (Lipinski definition) is 2. The maximum Gasteiger partial charge on any atom is 0.0448 e. The summed E-state index contributed by atoms with van der Waals surface area (Å²) in [6.45, 7) is 5.26. The van der Waals surface area contributed by atoms with Crippen LogP contribution in [0.5, 0.6) is 0 Å². The second-order valence-corrected chi connectivity index (χ2v) is 4.81. The van der Waals surface area contributed by atoms with Crippen molar-refractivity contribution in [2.45, 2.75) is 38.8 Å². The van der Waals surface area contributed by atoms with Crippen LogP contribution in [-0.2, 0) is 6.54 Å². The minimum absolute atomic E-state index is 0.00291. The van der Waals surface area contributed by atoms with Crippen LogP contribution in [0.3, 0.4) is 0 Å². The van der Waals surface area contributed by atoms with Crippen molar-refractivity contribution in [2.24, 2.45) is 0 Å². The first kappa shape index (κ1) is 13.5.